The predicted molar refractivity (Wildman–Crippen MR) is 89.4 cm³/mol. The van der Waals surface area contributed by atoms with Crippen LogP contribution in [0.4, 0.5) is 0 Å². The van der Waals surface area contributed by atoms with Crippen molar-refractivity contribution in [3.05, 3.63) is 29.3 Å². The molecule has 0 aliphatic heterocycles. The minimum absolute atomic E-state index is 0.0263. The Morgan fingerprint density at radius 2 is 2.00 bits per heavy atom. The van der Waals surface area contributed by atoms with Gasteiger partial charge in [0.15, 0.2) is 0 Å². The van der Waals surface area contributed by atoms with E-state index in [1.165, 1.54) is 11.8 Å². The highest BCUT2D eigenvalue weighted by atomic mass is 32.2. The van der Waals surface area contributed by atoms with E-state index in [-0.39, 0.29) is 17.7 Å². The molecular formula is C16H21N3O3S. The van der Waals surface area contributed by atoms with Crippen LogP contribution in [0, 0.1) is 13.8 Å². The third-order valence-corrected chi connectivity index (χ3v) is 3.84. The number of methoxy groups -OCH3 is 1. The lowest BCUT2D eigenvalue weighted by molar-refractivity contribution is -0.119. The average Bonchev–Trinajstić information content (AvgIpc) is 2.93. The van der Waals surface area contributed by atoms with Gasteiger partial charge in [-0.25, -0.2) is 0 Å². The van der Waals surface area contributed by atoms with Crippen molar-refractivity contribution in [2.75, 3.05) is 19.5 Å². The van der Waals surface area contributed by atoms with Crippen LogP contribution in [0.25, 0.3) is 11.5 Å². The lowest BCUT2D eigenvalue weighted by Gasteiger charge is -2.11. The fourth-order valence-corrected chi connectivity index (χ4v) is 2.79. The molecule has 7 heteroatoms. The number of nitrogens with one attached hydrogen (secondary N) is 1. The molecule has 1 N–H and O–H groups in total. The molecule has 1 amide bonds. The summed E-state index contributed by atoms with van der Waals surface area (Å²) in [4.78, 5) is 11.8. The van der Waals surface area contributed by atoms with Gasteiger partial charge in [-0.15, -0.1) is 10.2 Å². The summed E-state index contributed by atoms with van der Waals surface area (Å²) < 4.78 is 10.6. The van der Waals surface area contributed by atoms with E-state index in [4.69, 9.17) is 9.15 Å². The number of amides is 1. The molecule has 0 radical (unpaired) electrons. The molecule has 1 heterocycles. The Labute approximate surface area is 140 Å². The predicted octanol–water partition coefficient (Wildman–Crippen LogP) is 2.60. The Kier molecular flexibility index (Phi) is 6.18. The molecule has 124 valence electrons. The Bertz CT molecular complexity index is 652. The summed E-state index contributed by atoms with van der Waals surface area (Å²) in [6, 6.07) is 6.05. The van der Waals surface area contributed by atoms with Crippen molar-refractivity contribution in [2.24, 2.45) is 0 Å². The summed E-state index contributed by atoms with van der Waals surface area (Å²) in [6.07, 6.45) is 0. The van der Waals surface area contributed by atoms with Crippen LogP contribution >= 0.6 is 11.8 Å². The standard InChI is InChI=1S/C16H21N3O3S/c1-10-5-11(2)7-13(6-10)15-18-19-16(22-15)23-9-14(20)17-12(3)8-21-4/h5-7,12H,8-9H2,1-4H3,(H,17,20)/t12-/m0/s1. The average molecular weight is 335 g/mol. The second-order valence-electron chi connectivity index (χ2n) is 5.46. The van der Waals surface area contributed by atoms with E-state index in [9.17, 15) is 4.79 Å². The number of ether oxygens (including phenoxy) is 1. The number of nitrogens with zero attached hydrogens (tertiary/aromatic N) is 2. The maximum Gasteiger partial charge on any atom is 0.277 e. The van der Waals surface area contributed by atoms with Crippen LogP contribution in [0.1, 0.15) is 18.1 Å². The normalized spacial score (nSPS) is 12.2. The smallest absolute Gasteiger partial charge is 0.277 e. The number of aryl methyl sites for hydroxylation is 2. The lowest BCUT2D eigenvalue weighted by atomic mass is 10.1. The van der Waals surface area contributed by atoms with Crippen LogP contribution in [0.3, 0.4) is 0 Å². The first-order valence-electron chi connectivity index (χ1n) is 7.31. The third kappa shape index (κ3) is 5.37. The molecule has 1 aromatic carbocycles. The molecule has 0 bridgehead atoms. The fourth-order valence-electron chi connectivity index (χ4n) is 2.22. The molecule has 0 saturated heterocycles. The number of carbonyl (C=O) groups is 1. The van der Waals surface area contributed by atoms with Crippen LogP contribution in [-0.2, 0) is 9.53 Å². The van der Waals surface area contributed by atoms with Gasteiger partial charge in [0.1, 0.15) is 0 Å². The van der Waals surface area contributed by atoms with Gasteiger partial charge < -0.3 is 14.5 Å². The van der Waals surface area contributed by atoms with Crippen LogP contribution < -0.4 is 5.32 Å². The van der Waals surface area contributed by atoms with Gasteiger partial charge in [-0.05, 0) is 32.9 Å². The molecule has 0 fully saturated rings. The van der Waals surface area contributed by atoms with E-state index in [0.29, 0.717) is 17.7 Å². The molecule has 2 aromatic rings. The van der Waals surface area contributed by atoms with Gasteiger partial charge in [0.25, 0.3) is 5.22 Å². The first-order chi connectivity index (χ1) is 11.0. The largest absolute Gasteiger partial charge is 0.411 e. The Balaban J connectivity index is 1.93. The van der Waals surface area contributed by atoms with Crippen LogP contribution in [0.5, 0.6) is 0 Å². The molecule has 2 rings (SSSR count). The Morgan fingerprint density at radius 1 is 1.30 bits per heavy atom. The maximum atomic E-state index is 11.8. The van der Waals surface area contributed by atoms with E-state index in [0.717, 1.165) is 16.7 Å². The molecule has 0 saturated carbocycles. The highest BCUT2D eigenvalue weighted by molar-refractivity contribution is 7.99. The van der Waals surface area contributed by atoms with Gasteiger partial charge in [-0.3, -0.25) is 4.79 Å². The lowest BCUT2D eigenvalue weighted by Crippen LogP contribution is -2.36. The summed E-state index contributed by atoms with van der Waals surface area (Å²) >= 11 is 1.22. The van der Waals surface area contributed by atoms with E-state index < -0.39 is 0 Å². The molecule has 0 aliphatic rings. The van der Waals surface area contributed by atoms with Gasteiger partial charge in [-0.2, -0.15) is 0 Å². The summed E-state index contributed by atoms with van der Waals surface area (Å²) in [5.74, 6) is 0.598. The van der Waals surface area contributed by atoms with Crippen LogP contribution in [0.2, 0.25) is 0 Å². The topological polar surface area (TPSA) is 77.2 Å². The molecule has 0 spiro atoms. The van der Waals surface area contributed by atoms with Crippen LogP contribution in [0.15, 0.2) is 27.8 Å². The van der Waals surface area contributed by atoms with Crippen molar-refractivity contribution in [3.63, 3.8) is 0 Å². The number of rotatable bonds is 7. The van der Waals surface area contributed by atoms with Crippen molar-refractivity contribution < 1.29 is 13.9 Å². The van der Waals surface area contributed by atoms with Crippen molar-refractivity contribution in [3.8, 4) is 11.5 Å². The van der Waals surface area contributed by atoms with Gasteiger partial charge in [0, 0.05) is 18.7 Å². The first-order valence-corrected chi connectivity index (χ1v) is 8.29. The Morgan fingerprint density at radius 3 is 2.65 bits per heavy atom. The molecular weight excluding hydrogens is 314 g/mol. The summed E-state index contributed by atoms with van der Waals surface area (Å²) in [7, 11) is 1.60. The third-order valence-electron chi connectivity index (χ3n) is 3.03. The highest BCUT2D eigenvalue weighted by Gasteiger charge is 2.13. The molecule has 1 aromatic heterocycles. The summed E-state index contributed by atoms with van der Waals surface area (Å²) in [6.45, 7) is 6.41. The van der Waals surface area contributed by atoms with E-state index in [1.54, 1.807) is 7.11 Å². The number of aromatic nitrogens is 2. The zero-order chi connectivity index (χ0) is 16.8. The monoisotopic (exact) mass is 335 g/mol. The minimum atomic E-state index is -0.0919. The number of benzene rings is 1. The first kappa shape index (κ1) is 17.5. The number of thioether (sulfide) groups is 1. The van der Waals surface area contributed by atoms with E-state index >= 15 is 0 Å². The van der Waals surface area contributed by atoms with Crippen molar-refractivity contribution in [1.29, 1.82) is 0 Å². The van der Waals surface area contributed by atoms with Gasteiger partial charge in [0.05, 0.1) is 12.4 Å². The maximum absolute atomic E-state index is 11.8. The van der Waals surface area contributed by atoms with Crippen molar-refractivity contribution >= 4 is 17.7 Å². The Hall–Kier alpha value is -1.86. The number of hydrogen-bond acceptors (Lipinski definition) is 6. The number of carbonyl (C=O) groups excluding carboxylic acids is 1. The molecule has 6 nitrogen and oxygen atoms in total. The molecule has 0 unspecified atom stereocenters. The van der Waals surface area contributed by atoms with Gasteiger partial charge in [-0.1, -0.05) is 29.0 Å². The summed E-state index contributed by atoms with van der Waals surface area (Å²) in [5.41, 5.74) is 3.16. The molecule has 0 aliphatic carbocycles. The fraction of sp³-hybridized carbons (Fsp3) is 0.438. The van der Waals surface area contributed by atoms with E-state index in [2.05, 4.69) is 21.6 Å². The SMILES string of the molecule is COC[C@H](C)NC(=O)CSc1nnc(-c2cc(C)cc(C)c2)o1. The summed E-state index contributed by atoms with van der Waals surface area (Å²) in [5, 5.41) is 11.2. The molecule has 1 atom stereocenters. The minimum Gasteiger partial charge on any atom is -0.411 e. The molecule has 23 heavy (non-hydrogen) atoms. The van der Waals surface area contributed by atoms with Crippen molar-refractivity contribution in [1.82, 2.24) is 15.5 Å². The quantitative estimate of drug-likeness (QED) is 0.784. The van der Waals surface area contributed by atoms with Crippen molar-refractivity contribution in [2.45, 2.75) is 32.0 Å². The second-order valence-corrected chi connectivity index (χ2v) is 6.39. The highest BCUT2D eigenvalue weighted by Crippen LogP contribution is 2.24. The van der Waals surface area contributed by atoms with Gasteiger partial charge >= 0.3 is 0 Å². The number of hydrogen-bond donors (Lipinski definition) is 1. The van der Waals surface area contributed by atoms with E-state index in [1.807, 2.05) is 32.9 Å². The zero-order valence-electron chi connectivity index (χ0n) is 13.8. The van der Waals surface area contributed by atoms with Gasteiger partial charge in [0.2, 0.25) is 11.8 Å². The second kappa shape index (κ2) is 8.12. The zero-order valence-corrected chi connectivity index (χ0v) is 14.6. The van der Waals surface area contributed by atoms with Crippen LogP contribution in [-0.4, -0.2) is 41.6 Å².